The van der Waals surface area contributed by atoms with Crippen LogP contribution in [0.5, 0.6) is 0 Å². The highest BCUT2D eigenvalue weighted by molar-refractivity contribution is 6.11. The molecule has 26 heavy (non-hydrogen) atoms. The lowest BCUT2D eigenvalue weighted by molar-refractivity contribution is 1.04. The van der Waals surface area contributed by atoms with Gasteiger partial charge in [0.2, 0.25) is 0 Å². The van der Waals surface area contributed by atoms with Crippen LogP contribution >= 0.6 is 0 Å². The van der Waals surface area contributed by atoms with E-state index in [1.807, 2.05) is 0 Å². The molecule has 2 aromatic heterocycles. The first-order valence-electron chi connectivity index (χ1n) is 8.86. The fraction of sp³-hybridized carbons (Fsp3) is 0.130. The minimum atomic E-state index is 0.816. The van der Waals surface area contributed by atoms with Crippen LogP contribution in [0.3, 0.4) is 0 Å². The Morgan fingerprint density at radius 3 is 2.38 bits per heavy atom. The summed E-state index contributed by atoms with van der Waals surface area (Å²) >= 11 is 0. The van der Waals surface area contributed by atoms with Gasteiger partial charge in [-0.1, -0.05) is 55.1 Å². The number of para-hydroxylation sites is 1. The van der Waals surface area contributed by atoms with Crippen LogP contribution in [0.4, 0.5) is 0 Å². The van der Waals surface area contributed by atoms with E-state index in [2.05, 4.69) is 89.6 Å². The Morgan fingerprint density at radius 2 is 1.58 bits per heavy atom. The number of hydrogen-bond acceptors (Lipinski definition) is 2. The molecule has 0 unspecified atom stereocenters. The number of pyridine rings is 1. The Balaban J connectivity index is 1.96. The van der Waals surface area contributed by atoms with Gasteiger partial charge >= 0.3 is 0 Å². The summed E-state index contributed by atoms with van der Waals surface area (Å²) in [6, 6.07) is 16.9. The largest absolute Gasteiger partial charge is 0.275 e. The number of benzene rings is 2. The molecule has 2 aromatic carbocycles. The quantitative estimate of drug-likeness (QED) is 0.416. The van der Waals surface area contributed by atoms with Gasteiger partial charge in [-0.05, 0) is 42.0 Å². The summed E-state index contributed by atoms with van der Waals surface area (Å²) in [5.41, 5.74) is 6.88. The minimum absolute atomic E-state index is 0.816. The van der Waals surface area contributed by atoms with Gasteiger partial charge in [-0.15, -0.1) is 10.2 Å². The van der Waals surface area contributed by atoms with Gasteiger partial charge in [0.1, 0.15) is 0 Å². The number of hydrogen-bond donors (Lipinski definition) is 0. The molecule has 0 saturated heterocycles. The molecule has 0 amide bonds. The van der Waals surface area contributed by atoms with Crippen LogP contribution in [0, 0.1) is 0 Å². The smallest absolute Gasteiger partial charge is 0.169 e. The summed E-state index contributed by atoms with van der Waals surface area (Å²) < 4.78 is 2.21. The molecule has 0 saturated carbocycles. The van der Waals surface area contributed by atoms with Crippen molar-refractivity contribution in [2.45, 2.75) is 20.3 Å². The van der Waals surface area contributed by atoms with E-state index in [0.717, 1.165) is 34.4 Å². The highest BCUT2D eigenvalue weighted by Crippen LogP contribution is 2.36. The van der Waals surface area contributed by atoms with E-state index >= 15 is 0 Å². The van der Waals surface area contributed by atoms with Gasteiger partial charge in [0.25, 0.3) is 0 Å². The van der Waals surface area contributed by atoms with Crippen molar-refractivity contribution < 1.29 is 0 Å². The summed E-state index contributed by atoms with van der Waals surface area (Å²) in [4.78, 5) is 0. The van der Waals surface area contributed by atoms with Gasteiger partial charge in [0.05, 0.1) is 5.52 Å². The van der Waals surface area contributed by atoms with Crippen LogP contribution in [-0.4, -0.2) is 14.6 Å². The van der Waals surface area contributed by atoms with Crippen LogP contribution in [0.2, 0.25) is 0 Å². The lowest BCUT2D eigenvalue weighted by Gasteiger charge is -2.18. The highest BCUT2D eigenvalue weighted by atomic mass is 15.2. The van der Waals surface area contributed by atoms with E-state index in [9.17, 15) is 0 Å². The average Bonchev–Trinajstić information content (AvgIpc) is 3.10. The van der Waals surface area contributed by atoms with Crippen molar-refractivity contribution in [3.8, 4) is 0 Å². The van der Waals surface area contributed by atoms with E-state index in [-0.39, 0.29) is 0 Å². The molecule has 5 rings (SSSR count). The first-order chi connectivity index (χ1) is 12.6. The first kappa shape index (κ1) is 15.1. The molecule has 0 fully saturated rings. The van der Waals surface area contributed by atoms with E-state index in [4.69, 9.17) is 0 Å². The van der Waals surface area contributed by atoms with Crippen molar-refractivity contribution in [3.05, 3.63) is 83.7 Å². The lowest BCUT2D eigenvalue weighted by Crippen LogP contribution is -2.03. The molecular weight excluding hydrogens is 318 g/mol. The molecule has 3 nitrogen and oxygen atoms in total. The average molecular weight is 337 g/mol. The Hall–Kier alpha value is -3.20. The summed E-state index contributed by atoms with van der Waals surface area (Å²) in [6.45, 7) is 8.49. The second-order valence-electron chi connectivity index (χ2n) is 7.01. The van der Waals surface area contributed by atoms with Crippen molar-refractivity contribution in [3.63, 3.8) is 0 Å². The summed E-state index contributed by atoms with van der Waals surface area (Å²) in [5, 5.41) is 12.8. The Kier molecular flexibility index (Phi) is 3.13. The predicted molar refractivity (Wildman–Crippen MR) is 108 cm³/mol. The molecular formula is C23H19N3. The van der Waals surface area contributed by atoms with E-state index in [0.29, 0.717) is 0 Å². The third-order valence-corrected chi connectivity index (χ3v) is 5.39. The monoisotopic (exact) mass is 337 g/mol. The summed E-state index contributed by atoms with van der Waals surface area (Å²) in [6.07, 6.45) is 3.02. The maximum Gasteiger partial charge on any atom is 0.169 e. The second kappa shape index (κ2) is 5.40. The highest BCUT2D eigenvalue weighted by Gasteiger charge is 2.21. The van der Waals surface area contributed by atoms with Gasteiger partial charge in [0, 0.05) is 22.8 Å². The van der Waals surface area contributed by atoms with Gasteiger partial charge in [-0.25, -0.2) is 0 Å². The maximum absolute atomic E-state index is 4.61. The lowest BCUT2D eigenvalue weighted by atomic mass is 9.90. The van der Waals surface area contributed by atoms with Crippen LogP contribution in [0.15, 0.2) is 77.9 Å². The minimum Gasteiger partial charge on any atom is -0.275 e. The molecule has 0 bridgehead atoms. The topological polar surface area (TPSA) is 30.2 Å². The number of nitrogens with zero attached hydrogens (tertiary/aromatic N) is 3. The van der Waals surface area contributed by atoms with Crippen molar-refractivity contribution in [1.82, 2.24) is 14.6 Å². The molecule has 0 spiro atoms. The third-order valence-electron chi connectivity index (χ3n) is 5.39. The number of aromatic nitrogens is 3. The molecule has 2 heterocycles. The van der Waals surface area contributed by atoms with Gasteiger partial charge in [0.15, 0.2) is 11.5 Å². The zero-order valence-corrected chi connectivity index (χ0v) is 15.0. The maximum atomic E-state index is 4.61. The van der Waals surface area contributed by atoms with Crippen molar-refractivity contribution in [1.29, 1.82) is 0 Å². The molecule has 1 aliphatic carbocycles. The van der Waals surface area contributed by atoms with Gasteiger partial charge < -0.3 is 0 Å². The fourth-order valence-electron chi connectivity index (χ4n) is 3.95. The van der Waals surface area contributed by atoms with E-state index in [1.54, 1.807) is 0 Å². The Morgan fingerprint density at radius 1 is 0.885 bits per heavy atom. The fourth-order valence-corrected chi connectivity index (χ4v) is 3.95. The van der Waals surface area contributed by atoms with Gasteiger partial charge in [-0.3, -0.25) is 4.40 Å². The number of rotatable bonds is 1. The molecule has 0 atom stereocenters. The molecule has 0 radical (unpaired) electrons. The number of allylic oxidation sites excluding steroid dienone is 5. The zero-order valence-electron chi connectivity index (χ0n) is 15.0. The molecule has 3 heteroatoms. The van der Waals surface area contributed by atoms with Crippen molar-refractivity contribution in [2.24, 2.45) is 0 Å². The van der Waals surface area contributed by atoms with Crippen molar-refractivity contribution in [2.75, 3.05) is 0 Å². The molecule has 4 aromatic rings. The molecule has 0 N–H and O–H groups in total. The third kappa shape index (κ3) is 2.00. The van der Waals surface area contributed by atoms with Crippen LogP contribution in [0.25, 0.3) is 32.9 Å². The van der Waals surface area contributed by atoms with Crippen LogP contribution in [-0.2, 0) is 0 Å². The Labute approximate surface area is 152 Å². The summed E-state index contributed by atoms with van der Waals surface area (Å²) in [5.74, 6) is 0.921. The predicted octanol–water partition coefficient (Wildman–Crippen LogP) is 5.72. The number of fused-ring (bicyclic) bond motifs is 6. The zero-order chi connectivity index (χ0) is 17.8. The first-order valence-corrected chi connectivity index (χ1v) is 8.86. The Bertz CT molecular complexity index is 1290. The van der Waals surface area contributed by atoms with Gasteiger partial charge in [-0.2, -0.15) is 0 Å². The van der Waals surface area contributed by atoms with E-state index in [1.165, 1.54) is 27.5 Å². The van der Waals surface area contributed by atoms with Crippen LogP contribution in [0.1, 0.15) is 26.1 Å². The normalized spacial score (nSPS) is 15.3. The SMILES string of the molecule is C=C1CC(c2nnc3c4ccccc4c4ccccc4n23)=C(C)C=C1C. The van der Waals surface area contributed by atoms with Crippen LogP contribution < -0.4 is 0 Å². The van der Waals surface area contributed by atoms with E-state index < -0.39 is 0 Å². The second-order valence-corrected chi connectivity index (χ2v) is 7.01. The van der Waals surface area contributed by atoms with Crippen molar-refractivity contribution >= 4 is 32.9 Å². The molecule has 1 aliphatic rings. The molecule has 0 aliphatic heterocycles. The molecule has 126 valence electrons. The standard InChI is InChI=1S/C23H19N3/c1-14-12-16(3)20(13-15(14)2)23-25-24-22-19-10-5-4-8-17(19)18-9-6-7-11-21(18)26(22)23/h4-12H,2,13H2,1,3H3. The summed E-state index contributed by atoms with van der Waals surface area (Å²) in [7, 11) is 0.